The Bertz CT molecular complexity index is 836. The third kappa shape index (κ3) is 3.83. The van der Waals surface area contributed by atoms with Crippen LogP contribution < -0.4 is 5.32 Å². The van der Waals surface area contributed by atoms with E-state index in [0.717, 1.165) is 10.0 Å². The van der Waals surface area contributed by atoms with Gasteiger partial charge in [-0.15, -0.1) is 5.10 Å². The number of carbonyl (C=O) groups excluding carboxylic acids is 1. The van der Waals surface area contributed by atoms with Crippen LogP contribution in [0.2, 0.25) is 0 Å². The zero-order chi connectivity index (χ0) is 16.9. The highest BCUT2D eigenvalue weighted by atomic mass is 79.9. The molecule has 1 aromatic heterocycles. The second kappa shape index (κ2) is 7.31. The number of rotatable bonds is 5. The van der Waals surface area contributed by atoms with Crippen molar-refractivity contribution in [3.63, 3.8) is 0 Å². The third-order valence-corrected chi connectivity index (χ3v) is 3.90. The molecule has 2 aromatic carbocycles. The molecule has 0 aliphatic carbocycles. The molecule has 6 nitrogen and oxygen atoms in total. The Morgan fingerprint density at radius 2 is 2.00 bits per heavy atom. The van der Waals surface area contributed by atoms with Crippen molar-refractivity contribution in [2.45, 2.75) is 6.42 Å². The first-order chi connectivity index (χ1) is 11.6. The van der Waals surface area contributed by atoms with Crippen molar-refractivity contribution in [2.24, 2.45) is 0 Å². The molecule has 1 N–H and O–H groups in total. The maximum atomic E-state index is 12.9. The molecule has 0 aliphatic heterocycles. The summed E-state index contributed by atoms with van der Waals surface area (Å²) in [6, 6.07) is 11.5. The molecule has 0 spiro atoms. The topological polar surface area (TPSA) is 72.7 Å². The predicted molar refractivity (Wildman–Crippen MR) is 89.3 cm³/mol. The van der Waals surface area contributed by atoms with Crippen molar-refractivity contribution in [1.82, 2.24) is 25.5 Å². The fraction of sp³-hybridized carbons (Fsp3) is 0.125. The Labute approximate surface area is 145 Å². The average molecular weight is 390 g/mol. The lowest BCUT2D eigenvalue weighted by atomic mass is 10.1. The molecule has 0 bridgehead atoms. The molecule has 0 aliphatic rings. The van der Waals surface area contributed by atoms with Crippen molar-refractivity contribution in [3.05, 3.63) is 70.2 Å². The number of hydrogen-bond acceptors (Lipinski definition) is 4. The molecule has 0 saturated heterocycles. The van der Waals surface area contributed by atoms with Crippen molar-refractivity contribution < 1.29 is 9.18 Å². The summed E-state index contributed by atoms with van der Waals surface area (Å²) in [5.74, 6) is -0.507. The van der Waals surface area contributed by atoms with Gasteiger partial charge in [0.15, 0.2) is 0 Å². The van der Waals surface area contributed by atoms with Gasteiger partial charge < -0.3 is 5.32 Å². The summed E-state index contributed by atoms with van der Waals surface area (Å²) in [5.41, 5.74) is 1.99. The molecule has 0 atom stereocenters. The van der Waals surface area contributed by atoms with E-state index >= 15 is 0 Å². The number of aromatic nitrogens is 4. The molecular weight excluding hydrogens is 377 g/mol. The van der Waals surface area contributed by atoms with Crippen LogP contribution in [0, 0.1) is 5.82 Å². The standard InChI is InChI=1S/C16H13BrFN5O/c17-12-3-6-15(23-10-20-21-22-23)14(9-12)16(24)19-8-7-11-1-4-13(18)5-2-11/h1-6,9-10H,7-8H2,(H,19,24). The van der Waals surface area contributed by atoms with E-state index in [2.05, 4.69) is 36.8 Å². The molecule has 1 heterocycles. The van der Waals surface area contributed by atoms with Crippen LogP contribution >= 0.6 is 15.9 Å². The van der Waals surface area contributed by atoms with E-state index in [1.165, 1.54) is 23.1 Å². The number of hydrogen-bond donors (Lipinski definition) is 1. The van der Waals surface area contributed by atoms with Crippen molar-refractivity contribution in [1.29, 1.82) is 0 Å². The van der Waals surface area contributed by atoms with E-state index in [0.29, 0.717) is 24.2 Å². The third-order valence-electron chi connectivity index (χ3n) is 3.41. The summed E-state index contributed by atoms with van der Waals surface area (Å²) in [4.78, 5) is 12.5. The lowest BCUT2D eigenvalue weighted by Gasteiger charge is -2.10. The minimum Gasteiger partial charge on any atom is -0.352 e. The van der Waals surface area contributed by atoms with Crippen LogP contribution in [0.3, 0.4) is 0 Å². The van der Waals surface area contributed by atoms with Gasteiger partial charge in [0, 0.05) is 11.0 Å². The minimum atomic E-state index is -0.275. The highest BCUT2D eigenvalue weighted by molar-refractivity contribution is 9.10. The molecule has 8 heteroatoms. The highest BCUT2D eigenvalue weighted by Gasteiger charge is 2.14. The van der Waals surface area contributed by atoms with E-state index < -0.39 is 0 Å². The summed E-state index contributed by atoms with van der Waals surface area (Å²) in [6.45, 7) is 0.437. The van der Waals surface area contributed by atoms with Gasteiger partial charge >= 0.3 is 0 Å². The summed E-state index contributed by atoms with van der Waals surface area (Å²) in [6.07, 6.45) is 2.04. The van der Waals surface area contributed by atoms with Crippen LogP contribution in [0.5, 0.6) is 0 Å². The first kappa shape index (κ1) is 16.3. The van der Waals surface area contributed by atoms with Crippen LogP contribution in [0.15, 0.2) is 53.3 Å². The Balaban J connectivity index is 1.70. The maximum Gasteiger partial charge on any atom is 0.253 e. The normalized spacial score (nSPS) is 10.6. The van der Waals surface area contributed by atoms with Gasteiger partial charge in [0.25, 0.3) is 5.91 Å². The van der Waals surface area contributed by atoms with Crippen molar-refractivity contribution in [2.75, 3.05) is 6.54 Å². The number of carbonyl (C=O) groups is 1. The van der Waals surface area contributed by atoms with Gasteiger partial charge in [0.2, 0.25) is 0 Å². The van der Waals surface area contributed by atoms with E-state index in [-0.39, 0.29) is 11.7 Å². The first-order valence-corrected chi connectivity index (χ1v) is 7.98. The smallest absolute Gasteiger partial charge is 0.253 e. The van der Waals surface area contributed by atoms with Gasteiger partial charge in [0.05, 0.1) is 11.3 Å². The number of halogens is 2. The number of nitrogens with one attached hydrogen (secondary N) is 1. The van der Waals surface area contributed by atoms with Crippen LogP contribution in [0.4, 0.5) is 4.39 Å². The first-order valence-electron chi connectivity index (χ1n) is 7.19. The molecular formula is C16H13BrFN5O. The second-order valence-electron chi connectivity index (χ2n) is 5.05. The van der Waals surface area contributed by atoms with Gasteiger partial charge in [-0.2, -0.15) is 4.68 Å². The van der Waals surface area contributed by atoms with Crippen molar-refractivity contribution in [3.8, 4) is 5.69 Å². The molecule has 1 amide bonds. The summed E-state index contributed by atoms with van der Waals surface area (Å²) < 4.78 is 15.1. The van der Waals surface area contributed by atoms with Crippen LogP contribution in [-0.4, -0.2) is 32.7 Å². The number of amides is 1. The lowest BCUT2D eigenvalue weighted by molar-refractivity contribution is 0.0954. The van der Waals surface area contributed by atoms with Crippen LogP contribution in [0.1, 0.15) is 15.9 Å². The van der Waals surface area contributed by atoms with E-state index in [9.17, 15) is 9.18 Å². The Kier molecular flexibility index (Phi) is 4.95. The SMILES string of the molecule is O=C(NCCc1ccc(F)cc1)c1cc(Br)ccc1-n1cnnn1. The summed E-state index contributed by atoms with van der Waals surface area (Å²) in [7, 11) is 0. The zero-order valence-electron chi connectivity index (χ0n) is 12.5. The monoisotopic (exact) mass is 389 g/mol. The molecule has 0 radical (unpaired) electrons. The fourth-order valence-corrected chi connectivity index (χ4v) is 2.59. The quantitative estimate of drug-likeness (QED) is 0.727. The van der Waals surface area contributed by atoms with E-state index in [4.69, 9.17) is 0 Å². The van der Waals surface area contributed by atoms with Crippen LogP contribution in [-0.2, 0) is 6.42 Å². The molecule has 0 saturated carbocycles. The zero-order valence-corrected chi connectivity index (χ0v) is 14.1. The number of nitrogens with zero attached hydrogens (tertiary/aromatic N) is 4. The Morgan fingerprint density at radius 3 is 2.71 bits per heavy atom. The van der Waals surface area contributed by atoms with E-state index in [1.54, 1.807) is 24.3 Å². The van der Waals surface area contributed by atoms with Gasteiger partial charge in [0.1, 0.15) is 12.1 Å². The van der Waals surface area contributed by atoms with Crippen molar-refractivity contribution >= 4 is 21.8 Å². The summed E-state index contributed by atoms with van der Waals surface area (Å²) >= 11 is 3.36. The average Bonchev–Trinajstić information content (AvgIpc) is 3.11. The minimum absolute atomic E-state index is 0.232. The summed E-state index contributed by atoms with van der Waals surface area (Å²) in [5, 5.41) is 13.9. The Morgan fingerprint density at radius 1 is 1.21 bits per heavy atom. The molecule has 0 fully saturated rings. The van der Waals surface area contributed by atoms with Gasteiger partial charge in [-0.25, -0.2) is 4.39 Å². The number of tetrazole rings is 1. The van der Waals surface area contributed by atoms with E-state index in [1.807, 2.05) is 6.07 Å². The van der Waals surface area contributed by atoms with Gasteiger partial charge in [-0.05, 0) is 52.7 Å². The lowest BCUT2D eigenvalue weighted by Crippen LogP contribution is -2.27. The predicted octanol–water partition coefficient (Wildman–Crippen LogP) is 2.54. The van der Waals surface area contributed by atoms with Gasteiger partial charge in [-0.3, -0.25) is 4.79 Å². The largest absolute Gasteiger partial charge is 0.352 e. The number of benzene rings is 2. The molecule has 122 valence electrons. The molecule has 24 heavy (non-hydrogen) atoms. The Hall–Kier alpha value is -2.61. The molecule has 0 unspecified atom stereocenters. The fourth-order valence-electron chi connectivity index (χ4n) is 2.23. The van der Waals surface area contributed by atoms with Crippen LogP contribution in [0.25, 0.3) is 5.69 Å². The highest BCUT2D eigenvalue weighted by Crippen LogP contribution is 2.19. The van der Waals surface area contributed by atoms with Gasteiger partial charge in [-0.1, -0.05) is 28.1 Å². The second-order valence-corrected chi connectivity index (χ2v) is 5.96. The molecule has 3 aromatic rings. The maximum absolute atomic E-state index is 12.9. The molecule has 3 rings (SSSR count).